The second kappa shape index (κ2) is 4.30. The van der Waals surface area contributed by atoms with Gasteiger partial charge in [0.25, 0.3) is 0 Å². The number of hydrogen-bond acceptors (Lipinski definition) is 2. The van der Waals surface area contributed by atoms with Crippen molar-refractivity contribution in [3.8, 4) is 0 Å². The van der Waals surface area contributed by atoms with Gasteiger partial charge in [0.2, 0.25) is 0 Å². The maximum absolute atomic E-state index is 10.8. The van der Waals surface area contributed by atoms with E-state index in [1.54, 1.807) is 0 Å². The lowest BCUT2D eigenvalue weighted by atomic mass is 9.51. The topological polar surface area (TPSA) is 63.3 Å². The molecular formula is C11H21NO2. The van der Waals surface area contributed by atoms with E-state index >= 15 is 0 Å². The van der Waals surface area contributed by atoms with Crippen LogP contribution in [0.2, 0.25) is 0 Å². The van der Waals surface area contributed by atoms with Gasteiger partial charge in [-0.2, -0.15) is 0 Å². The van der Waals surface area contributed by atoms with Gasteiger partial charge in [0, 0.05) is 0 Å². The van der Waals surface area contributed by atoms with Crippen molar-refractivity contribution in [2.45, 2.75) is 39.5 Å². The molecule has 3 heteroatoms. The number of carboxylic acids is 1. The highest BCUT2D eigenvalue weighted by Crippen LogP contribution is 2.55. The van der Waals surface area contributed by atoms with Gasteiger partial charge in [0.05, 0.1) is 6.42 Å². The Balaban J connectivity index is 2.67. The minimum Gasteiger partial charge on any atom is -0.481 e. The van der Waals surface area contributed by atoms with Crippen LogP contribution in [-0.2, 0) is 4.79 Å². The monoisotopic (exact) mass is 199 g/mol. The third kappa shape index (κ3) is 1.78. The van der Waals surface area contributed by atoms with Gasteiger partial charge in [-0.25, -0.2) is 0 Å². The third-order valence-electron chi connectivity index (χ3n) is 3.90. The largest absolute Gasteiger partial charge is 0.481 e. The van der Waals surface area contributed by atoms with Crippen molar-refractivity contribution in [1.29, 1.82) is 0 Å². The standard InChI is InChI=1S/C11H21NO2/c1-3-8-5-11(7-12,6-10(13)14)9(8)4-2/h8-9H,3-7,12H2,1-2H3,(H,13,14). The first-order valence-electron chi connectivity index (χ1n) is 5.51. The molecule has 1 aliphatic rings. The van der Waals surface area contributed by atoms with Crippen LogP contribution in [0.15, 0.2) is 0 Å². The third-order valence-corrected chi connectivity index (χ3v) is 3.90. The SMILES string of the molecule is CCC1CC(CN)(CC(=O)O)C1CC. The molecule has 3 unspecified atom stereocenters. The summed E-state index contributed by atoms with van der Waals surface area (Å²) in [6.07, 6.45) is 3.46. The molecule has 0 amide bonds. The smallest absolute Gasteiger partial charge is 0.303 e. The minimum absolute atomic E-state index is 0.0960. The number of rotatable bonds is 5. The number of aliphatic carboxylic acids is 1. The number of carbonyl (C=O) groups is 1. The molecule has 1 rings (SSSR count). The molecule has 0 saturated heterocycles. The summed E-state index contributed by atoms with van der Waals surface area (Å²) in [6, 6.07) is 0. The van der Waals surface area contributed by atoms with E-state index in [4.69, 9.17) is 10.8 Å². The van der Waals surface area contributed by atoms with Gasteiger partial charge in [-0.05, 0) is 30.2 Å². The number of nitrogens with two attached hydrogens (primary N) is 1. The van der Waals surface area contributed by atoms with Gasteiger partial charge >= 0.3 is 5.97 Å². The van der Waals surface area contributed by atoms with Crippen molar-refractivity contribution in [3.05, 3.63) is 0 Å². The van der Waals surface area contributed by atoms with Gasteiger partial charge in [0.1, 0.15) is 0 Å². The fraction of sp³-hybridized carbons (Fsp3) is 0.909. The molecule has 0 bridgehead atoms. The summed E-state index contributed by atoms with van der Waals surface area (Å²) in [5.74, 6) is 0.514. The second-order valence-corrected chi connectivity index (χ2v) is 4.52. The molecule has 82 valence electrons. The van der Waals surface area contributed by atoms with Gasteiger partial charge in [-0.3, -0.25) is 4.79 Å². The summed E-state index contributed by atoms with van der Waals surface area (Å²) in [4.78, 5) is 10.8. The van der Waals surface area contributed by atoms with Crippen LogP contribution in [-0.4, -0.2) is 17.6 Å². The molecule has 0 aromatic rings. The second-order valence-electron chi connectivity index (χ2n) is 4.52. The maximum atomic E-state index is 10.8. The Morgan fingerprint density at radius 3 is 2.50 bits per heavy atom. The van der Waals surface area contributed by atoms with Crippen LogP contribution in [0.3, 0.4) is 0 Å². The first-order valence-corrected chi connectivity index (χ1v) is 5.51. The van der Waals surface area contributed by atoms with Crippen LogP contribution in [0.1, 0.15) is 39.5 Å². The summed E-state index contributed by atoms with van der Waals surface area (Å²) in [7, 11) is 0. The molecule has 3 N–H and O–H groups in total. The average molecular weight is 199 g/mol. The summed E-state index contributed by atoms with van der Waals surface area (Å²) >= 11 is 0. The van der Waals surface area contributed by atoms with E-state index in [-0.39, 0.29) is 11.8 Å². The molecule has 3 atom stereocenters. The summed E-state index contributed by atoms with van der Waals surface area (Å²) in [5.41, 5.74) is 5.64. The van der Waals surface area contributed by atoms with Crippen LogP contribution >= 0.6 is 0 Å². The molecule has 0 aliphatic heterocycles. The van der Waals surface area contributed by atoms with Gasteiger partial charge in [-0.1, -0.05) is 26.7 Å². The molecule has 1 fully saturated rings. The lowest BCUT2D eigenvalue weighted by Crippen LogP contribution is -2.53. The van der Waals surface area contributed by atoms with Crippen LogP contribution in [0.4, 0.5) is 0 Å². The predicted molar refractivity (Wildman–Crippen MR) is 55.9 cm³/mol. The van der Waals surface area contributed by atoms with E-state index in [9.17, 15) is 4.79 Å². The summed E-state index contributed by atoms with van der Waals surface area (Å²) in [5, 5.41) is 8.86. The molecule has 0 heterocycles. The highest BCUT2D eigenvalue weighted by atomic mass is 16.4. The Hall–Kier alpha value is -0.570. The predicted octanol–water partition coefficient (Wildman–Crippen LogP) is 1.86. The summed E-state index contributed by atoms with van der Waals surface area (Å²) in [6.45, 7) is 4.83. The van der Waals surface area contributed by atoms with Crippen molar-refractivity contribution in [1.82, 2.24) is 0 Å². The molecule has 0 aromatic carbocycles. The van der Waals surface area contributed by atoms with E-state index in [0.29, 0.717) is 18.4 Å². The highest BCUT2D eigenvalue weighted by Gasteiger charge is 2.51. The number of hydrogen-bond donors (Lipinski definition) is 2. The van der Waals surface area contributed by atoms with E-state index in [2.05, 4.69) is 13.8 Å². The van der Waals surface area contributed by atoms with Crippen LogP contribution in [0, 0.1) is 17.3 Å². The summed E-state index contributed by atoms with van der Waals surface area (Å²) < 4.78 is 0. The highest BCUT2D eigenvalue weighted by molar-refractivity contribution is 5.68. The lowest BCUT2D eigenvalue weighted by Gasteiger charge is -2.54. The Kier molecular flexibility index (Phi) is 3.53. The van der Waals surface area contributed by atoms with E-state index in [1.807, 2.05) is 0 Å². The zero-order valence-electron chi connectivity index (χ0n) is 9.12. The Bertz CT molecular complexity index is 217. The normalized spacial score (nSPS) is 36.5. The Morgan fingerprint density at radius 1 is 1.50 bits per heavy atom. The lowest BCUT2D eigenvalue weighted by molar-refractivity contribution is -0.146. The van der Waals surface area contributed by atoms with Gasteiger partial charge in [0.15, 0.2) is 0 Å². The van der Waals surface area contributed by atoms with Crippen LogP contribution in [0.5, 0.6) is 0 Å². The van der Waals surface area contributed by atoms with Crippen molar-refractivity contribution in [2.75, 3.05) is 6.54 Å². The molecule has 0 spiro atoms. The molecule has 14 heavy (non-hydrogen) atoms. The quantitative estimate of drug-likeness (QED) is 0.710. The molecular weight excluding hydrogens is 178 g/mol. The number of carboxylic acid groups (broad SMARTS) is 1. The first-order chi connectivity index (χ1) is 6.59. The fourth-order valence-corrected chi connectivity index (χ4v) is 3.16. The fourth-order valence-electron chi connectivity index (χ4n) is 3.16. The van der Waals surface area contributed by atoms with Crippen molar-refractivity contribution < 1.29 is 9.90 Å². The maximum Gasteiger partial charge on any atom is 0.303 e. The van der Waals surface area contributed by atoms with Crippen LogP contribution < -0.4 is 5.73 Å². The van der Waals surface area contributed by atoms with Gasteiger partial charge in [-0.15, -0.1) is 0 Å². The molecule has 3 nitrogen and oxygen atoms in total. The first kappa shape index (κ1) is 11.5. The van der Waals surface area contributed by atoms with Crippen molar-refractivity contribution in [2.24, 2.45) is 23.0 Å². The van der Waals surface area contributed by atoms with Gasteiger partial charge < -0.3 is 10.8 Å². The zero-order valence-corrected chi connectivity index (χ0v) is 9.12. The average Bonchev–Trinajstić information content (AvgIpc) is 2.11. The molecule has 0 radical (unpaired) electrons. The van der Waals surface area contributed by atoms with E-state index in [0.717, 1.165) is 19.3 Å². The van der Waals surface area contributed by atoms with Crippen molar-refractivity contribution in [3.63, 3.8) is 0 Å². The molecule has 1 saturated carbocycles. The van der Waals surface area contributed by atoms with Crippen LogP contribution in [0.25, 0.3) is 0 Å². The van der Waals surface area contributed by atoms with E-state index < -0.39 is 5.97 Å². The van der Waals surface area contributed by atoms with E-state index in [1.165, 1.54) is 0 Å². The molecule has 1 aliphatic carbocycles. The Morgan fingerprint density at radius 2 is 2.14 bits per heavy atom. The zero-order chi connectivity index (χ0) is 10.8. The Labute approximate surface area is 85.7 Å². The van der Waals surface area contributed by atoms with Crippen molar-refractivity contribution >= 4 is 5.97 Å². The minimum atomic E-state index is -0.705. The molecule has 0 aromatic heterocycles.